The van der Waals surface area contributed by atoms with Gasteiger partial charge in [-0.3, -0.25) is 0 Å². The molecule has 2 aromatic carbocycles. The van der Waals surface area contributed by atoms with Crippen molar-refractivity contribution < 1.29 is 5.11 Å². The Morgan fingerprint density at radius 1 is 0.909 bits per heavy atom. The van der Waals surface area contributed by atoms with E-state index in [0.717, 1.165) is 5.56 Å². The normalized spacial score (nSPS) is 10.1. The fraction of sp³-hybridized carbons (Fsp3) is 0. The Morgan fingerprint density at radius 3 is 2.18 bits per heavy atom. The number of rotatable bonds is 2. The highest BCUT2D eigenvalue weighted by atomic mass is 16.3. The van der Waals surface area contributed by atoms with Crippen LogP contribution >= 0.6 is 0 Å². The minimum absolute atomic E-state index is 0.0798. The number of phenolic OH excluding ortho intramolecular Hbond substituents is 1. The number of nitrogens with two attached hydrogens (primary N) is 1. The number of aromatic nitrogens is 2. The average molecular weight is 288 g/mol. The van der Waals surface area contributed by atoms with Crippen molar-refractivity contribution in [3.63, 3.8) is 0 Å². The maximum atomic E-state index is 9.64. The molecular formula is C17H12N4O. The summed E-state index contributed by atoms with van der Waals surface area (Å²) in [5.74, 6) is 0.177. The van der Waals surface area contributed by atoms with Crippen LogP contribution in [0.2, 0.25) is 0 Å². The first-order valence-electron chi connectivity index (χ1n) is 6.61. The van der Waals surface area contributed by atoms with Gasteiger partial charge in [0.2, 0.25) is 5.95 Å². The van der Waals surface area contributed by atoms with E-state index in [0.29, 0.717) is 22.5 Å². The molecule has 5 heteroatoms. The van der Waals surface area contributed by atoms with Crippen molar-refractivity contribution in [1.82, 2.24) is 9.97 Å². The predicted octanol–water partition coefficient (Wildman–Crippen LogP) is 2.97. The predicted molar refractivity (Wildman–Crippen MR) is 83.7 cm³/mol. The van der Waals surface area contributed by atoms with Crippen molar-refractivity contribution >= 4 is 5.95 Å². The van der Waals surface area contributed by atoms with Gasteiger partial charge in [0, 0.05) is 11.1 Å². The topological polar surface area (TPSA) is 95.8 Å². The largest absolute Gasteiger partial charge is 0.508 e. The lowest BCUT2D eigenvalue weighted by Crippen LogP contribution is -2.03. The Morgan fingerprint density at radius 2 is 1.55 bits per heavy atom. The van der Waals surface area contributed by atoms with Gasteiger partial charge >= 0.3 is 0 Å². The second-order valence-electron chi connectivity index (χ2n) is 4.68. The van der Waals surface area contributed by atoms with Crippen molar-refractivity contribution in [3.05, 3.63) is 60.2 Å². The van der Waals surface area contributed by atoms with Crippen LogP contribution in [0.4, 0.5) is 5.95 Å². The van der Waals surface area contributed by atoms with Crippen LogP contribution < -0.4 is 5.73 Å². The third-order valence-corrected chi connectivity index (χ3v) is 3.20. The van der Waals surface area contributed by atoms with E-state index >= 15 is 0 Å². The lowest BCUT2D eigenvalue weighted by atomic mass is 10.0. The average Bonchev–Trinajstić information content (AvgIpc) is 2.55. The van der Waals surface area contributed by atoms with E-state index < -0.39 is 0 Å². The fourth-order valence-corrected chi connectivity index (χ4v) is 2.25. The molecule has 0 amide bonds. The van der Waals surface area contributed by atoms with Crippen molar-refractivity contribution in [1.29, 1.82) is 5.26 Å². The summed E-state index contributed by atoms with van der Waals surface area (Å²) in [6.07, 6.45) is 0. The molecule has 0 fully saturated rings. The van der Waals surface area contributed by atoms with E-state index in [9.17, 15) is 10.4 Å². The highest BCUT2D eigenvalue weighted by Crippen LogP contribution is 2.31. The maximum absolute atomic E-state index is 9.64. The van der Waals surface area contributed by atoms with Gasteiger partial charge in [0.25, 0.3) is 0 Å². The van der Waals surface area contributed by atoms with E-state index in [1.807, 2.05) is 30.3 Å². The molecule has 0 atom stereocenters. The van der Waals surface area contributed by atoms with Gasteiger partial charge in [-0.05, 0) is 12.1 Å². The number of nitriles is 1. The van der Waals surface area contributed by atoms with Gasteiger partial charge in [-0.15, -0.1) is 0 Å². The monoisotopic (exact) mass is 288 g/mol. The second-order valence-corrected chi connectivity index (χ2v) is 4.68. The molecule has 0 saturated heterocycles. The molecule has 5 nitrogen and oxygen atoms in total. The molecule has 3 N–H and O–H groups in total. The summed E-state index contributed by atoms with van der Waals surface area (Å²) in [7, 11) is 0. The summed E-state index contributed by atoms with van der Waals surface area (Å²) in [6, 6.07) is 18.0. The zero-order valence-corrected chi connectivity index (χ0v) is 11.6. The fourth-order valence-electron chi connectivity index (χ4n) is 2.25. The molecule has 0 aliphatic rings. The van der Waals surface area contributed by atoms with Gasteiger partial charge < -0.3 is 10.8 Å². The van der Waals surface area contributed by atoms with Crippen LogP contribution in [0.25, 0.3) is 22.5 Å². The summed E-state index contributed by atoms with van der Waals surface area (Å²) in [6.45, 7) is 0. The van der Waals surface area contributed by atoms with Crippen LogP contribution in [0, 0.1) is 11.3 Å². The first kappa shape index (κ1) is 13.6. The molecule has 22 heavy (non-hydrogen) atoms. The minimum atomic E-state index is 0.0798. The molecule has 1 aromatic heterocycles. The smallest absolute Gasteiger partial charge is 0.221 e. The maximum Gasteiger partial charge on any atom is 0.221 e. The molecule has 3 aromatic rings. The highest BCUT2D eigenvalue weighted by molar-refractivity contribution is 5.78. The van der Waals surface area contributed by atoms with E-state index in [2.05, 4.69) is 16.0 Å². The first-order chi connectivity index (χ1) is 10.7. The van der Waals surface area contributed by atoms with E-state index in [1.165, 1.54) is 6.07 Å². The summed E-state index contributed by atoms with van der Waals surface area (Å²) >= 11 is 0. The molecule has 0 bridgehead atoms. The molecule has 0 spiro atoms. The number of hydrogen-bond donors (Lipinski definition) is 2. The Bertz CT molecular complexity index is 870. The van der Waals surface area contributed by atoms with Gasteiger partial charge in [-0.2, -0.15) is 5.26 Å². The Hall–Kier alpha value is -3.39. The van der Waals surface area contributed by atoms with Crippen LogP contribution in [-0.2, 0) is 0 Å². The number of phenols is 1. The highest BCUT2D eigenvalue weighted by Gasteiger charge is 2.16. The SMILES string of the molecule is N#Cc1c(-c2ccccc2)nc(N)nc1-c1cccc(O)c1. The van der Waals surface area contributed by atoms with Crippen molar-refractivity contribution in [2.75, 3.05) is 5.73 Å². The summed E-state index contributed by atoms with van der Waals surface area (Å²) < 4.78 is 0. The summed E-state index contributed by atoms with van der Waals surface area (Å²) in [5, 5.41) is 19.2. The van der Waals surface area contributed by atoms with Crippen molar-refractivity contribution in [2.45, 2.75) is 0 Å². The Labute approximate surface area is 127 Å². The van der Waals surface area contributed by atoms with Crippen LogP contribution in [0.3, 0.4) is 0 Å². The van der Waals surface area contributed by atoms with Gasteiger partial charge in [-0.1, -0.05) is 42.5 Å². The lowest BCUT2D eigenvalue weighted by Gasteiger charge is -2.10. The van der Waals surface area contributed by atoms with Gasteiger partial charge in [0.15, 0.2) is 0 Å². The summed E-state index contributed by atoms with van der Waals surface area (Å²) in [5.41, 5.74) is 8.41. The van der Waals surface area contributed by atoms with Crippen molar-refractivity contribution in [2.24, 2.45) is 0 Å². The molecule has 0 saturated carbocycles. The van der Waals surface area contributed by atoms with E-state index in [-0.39, 0.29) is 11.7 Å². The number of aromatic hydroxyl groups is 1. The molecule has 3 rings (SSSR count). The Kier molecular flexibility index (Phi) is 3.42. The quantitative estimate of drug-likeness (QED) is 0.755. The molecule has 0 unspecified atom stereocenters. The zero-order chi connectivity index (χ0) is 15.5. The zero-order valence-electron chi connectivity index (χ0n) is 11.6. The number of hydrogen-bond acceptors (Lipinski definition) is 5. The standard InChI is InChI=1S/C17H12N4O/c18-10-14-15(11-5-2-1-3-6-11)20-17(19)21-16(14)12-7-4-8-13(22)9-12/h1-9,22H,(H2,19,20,21). The van der Waals surface area contributed by atoms with Crippen molar-refractivity contribution in [3.8, 4) is 34.3 Å². The van der Waals surface area contributed by atoms with Crippen LogP contribution in [-0.4, -0.2) is 15.1 Å². The first-order valence-corrected chi connectivity index (χ1v) is 6.61. The third kappa shape index (κ3) is 2.45. The molecule has 0 radical (unpaired) electrons. The molecule has 106 valence electrons. The number of benzene rings is 2. The molecule has 0 aliphatic carbocycles. The van der Waals surface area contributed by atoms with Crippen LogP contribution in [0.15, 0.2) is 54.6 Å². The van der Waals surface area contributed by atoms with E-state index in [4.69, 9.17) is 5.73 Å². The lowest BCUT2D eigenvalue weighted by molar-refractivity contribution is 0.475. The summed E-state index contributed by atoms with van der Waals surface area (Å²) in [4.78, 5) is 8.38. The molecule has 0 aliphatic heterocycles. The van der Waals surface area contributed by atoms with Gasteiger partial charge in [-0.25, -0.2) is 9.97 Å². The van der Waals surface area contributed by atoms with E-state index in [1.54, 1.807) is 18.2 Å². The number of anilines is 1. The van der Waals surface area contributed by atoms with Gasteiger partial charge in [0.05, 0.1) is 11.4 Å². The van der Waals surface area contributed by atoms with Crippen LogP contribution in [0.5, 0.6) is 5.75 Å². The molecular weight excluding hydrogens is 276 g/mol. The number of nitrogens with zero attached hydrogens (tertiary/aromatic N) is 3. The Balaban J connectivity index is 2.29. The number of nitrogen functional groups attached to an aromatic ring is 1. The van der Waals surface area contributed by atoms with Crippen LogP contribution in [0.1, 0.15) is 5.56 Å². The third-order valence-electron chi connectivity index (χ3n) is 3.20. The molecule has 1 heterocycles. The second kappa shape index (κ2) is 5.54. The van der Waals surface area contributed by atoms with Gasteiger partial charge in [0.1, 0.15) is 17.4 Å². The minimum Gasteiger partial charge on any atom is -0.508 e.